The Hall–Kier alpha value is -1.68. The quantitative estimate of drug-likeness (QED) is 0.778. The monoisotopic (exact) mass is 421 g/mol. The summed E-state index contributed by atoms with van der Waals surface area (Å²) in [5.74, 6) is -0.0999. The third kappa shape index (κ3) is 6.17. The van der Waals surface area contributed by atoms with E-state index in [4.69, 9.17) is 4.74 Å². The van der Waals surface area contributed by atoms with Gasteiger partial charge in [0.05, 0.1) is 31.0 Å². The summed E-state index contributed by atoms with van der Waals surface area (Å²) in [5.41, 5.74) is 0.598. The molecule has 3 rings (SSSR count). The number of hydrogen-bond acceptors (Lipinski definition) is 5. The van der Waals surface area contributed by atoms with Crippen LogP contribution in [0.25, 0.3) is 10.6 Å². The summed E-state index contributed by atoms with van der Waals surface area (Å²) in [4.78, 5) is 16.3. The van der Waals surface area contributed by atoms with E-state index in [-0.39, 0.29) is 30.9 Å². The van der Waals surface area contributed by atoms with Gasteiger partial charge < -0.3 is 15.4 Å². The fourth-order valence-corrected chi connectivity index (χ4v) is 3.38. The van der Waals surface area contributed by atoms with Crippen molar-refractivity contribution in [1.29, 1.82) is 0 Å². The van der Waals surface area contributed by atoms with Crippen molar-refractivity contribution in [2.24, 2.45) is 0 Å². The van der Waals surface area contributed by atoms with Gasteiger partial charge in [0.2, 0.25) is 5.91 Å². The first-order valence-corrected chi connectivity index (χ1v) is 8.99. The minimum Gasteiger partial charge on any atom is -0.378 e. The molecule has 0 bridgehead atoms. The van der Waals surface area contributed by atoms with Crippen LogP contribution in [0.3, 0.4) is 0 Å². The van der Waals surface area contributed by atoms with E-state index in [1.807, 2.05) is 0 Å². The number of nitrogens with one attached hydrogen (secondary N) is 2. The van der Waals surface area contributed by atoms with Crippen LogP contribution in [0.15, 0.2) is 29.6 Å². The zero-order chi connectivity index (χ0) is 18.6. The molecule has 1 saturated heterocycles. The highest BCUT2D eigenvalue weighted by atomic mass is 35.5. The first-order valence-electron chi connectivity index (χ1n) is 8.11. The smallest absolute Gasteiger partial charge is 0.378 e. The molecule has 1 aromatic carbocycles. The van der Waals surface area contributed by atoms with Crippen LogP contribution in [-0.2, 0) is 22.3 Å². The van der Waals surface area contributed by atoms with Crippen molar-refractivity contribution < 1.29 is 22.7 Å². The topological polar surface area (TPSA) is 63.2 Å². The number of ether oxygens (including phenoxy) is 1. The molecule has 148 valence electrons. The number of halogens is 4. The van der Waals surface area contributed by atoms with E-state index in [1.165, 1.54) is 23.5 Å². The van der Waals surface area contributed by atoms with Gasteiger partial charge in [0.15, 0.2) is 0 Å². The van der Waals surface area contributed by atoms with Crippen LogP contribution < -0.4 is 10.6 Å². The zero-order valence-electron chi connectivity index (χ0n) is 14.2. The van der Waals surface area contributed by atoms with Crippen molar-refractivity contribution in [3.05, 3.63) is 40.9 Å². The summed E-state index contributed by atoms with van der Waals surface area (Å²) in [7, 11) is 0. The fourth-order valence-electron chi connectivity index (χ4n) is 2.56. The molecule has 0 aliphatic carbocycles. The number of nitrogens with zero attached hydrogens (tertiary/aromatic N) is 1. The van der Waals surface area contributed by atoms with Crippen LogP contribution in [0.2, 0.25) is 0 Å². The predicted octanol–water partition coefficient (Wildman–Crippen LogP) is 3.25. The lowest BCUT2D eigenvalue weighted by atomic mass is 10.1. The van der Waals surface area contributed by atoms with E-state index in [0.29, 0.717) is 35.9 Å². The van der Waals surface area contributed by atoms with Gasteiger partial charge in [0.25, 0.3) is 0 Å². The summed E-state index contributed by atoms with van der Waals surface area (Å²) >= 11 is 1.33. The second-order valence-corrected chi connectivity index (χ2v) is 6.78. The number of thiazole rings is 1. The van der Waals surface area contributed by atoms with Gasteiger partial charge in [-0.2, -0.15) is 13.2 Å². The Morgan fingerprint density at radius 2 is 2.07 bits per heavy atom. The third-order valence-corrected chi connectivity index (χ3v) is 4.85. The van der Waals surface area contributed by atoms with Crippen LogP contribution in [0.5, 0.6) is 0 Å². The lowest BCUT2D eigenvalue weighted by molar-refractivity contribution is -0.137. The summed E-state index contributed by atoms with van der Waals surface area (Å²) in [6.45, 7) is 2.19. The number of carbonyl (C=O) groups is 1. The third-order valence-electron chi connectivity index (χ3n) is 3.91. The largest absolute Gasteiger partial charge is 0.416 e. The van der Waals surface area contributed by atoms with Gasteiger partial charge in [-0.05, 0) is 12.1 Å². The molecular weight excluding hydrogens is 403 g/mol. The van der Waals surface area contributed by atoms with Crippen molar-refractivity contribution in [2.45, 2.75) is 25.2 Å². The summed E-state index contributed by atoms with van der Waals surface area (Å²) in [5, 5.41) is 8.41. The van der Waals surface area contributed by atoms with Crippen LogP contribution >= 0.6 is 23.7 Å². The van der Waals surface area contributed by atoms with Gasteiger partial charge in [-0.3, -0.25) is 4.79 Å². The second-order valence-electron chi connectivity index (χ2n) is 5.93. The molecule has 5 nitrogen and oxygen atoms in total. The number of benzene rings is 1. The molecule has 1 aliphatic heterocycles. The van der Waals surface area contributed by atoms with Gasteiger partial charge in [-0.15, -0.1) is 23.7 Å². The predicted molar refractivity (Wildman–Crippen MR) is 98.9 cm³/mol. The van der Waals surface area contributed by atoms with Crippen molar-refractivity contribution in [2.75, 3.05) is 19.8 Å². The van der Waals surface area contributed by atoms with E-state index < -0.39 is 11.7 Å². The number of morpholine rings is 1. The second kappa shape index (κ2) is 9.50. The number of carbonyl (C=O) groups excluding carboxylic acids is 1. The number of rotatable bonds is 5. The molecule has 1 fully saturated rings. The maximum Gasteiger partial charge on any atom is 0.416 e. The SMILES string of the molecule is Cl.O=C(CC1COCCN1)NCc1csc(-c2ccc(C(F)(F)F)cc2)n1. The van der Waals surface area contributed by atoms with Crippen LogP contribution in [0.4, 0.5) is 13.2 Å². The Morgan fingerprint density at radius 3 is 2.70 bits per heavy atom. The summed E-state index contributed by atoms with van der Waals surface area (Å²) in [6.07, 6.45) is -4.02. The molecule has 2 heterocycles. The van der Waals surface area contributed by atoms with Gasteiger partial charge in [-0.25, -0.2) is 4.98 Å². The Morgan fingerprint density at radius 1 is 1.33 bits per heavy atom. The van der Waals surface area contributed by atoms with E-state index in [1.54, 1.807) is 5.38 Å². The van der Waals surface area contributed by atoms with Crippen molar-refractivity contribution in [3.8, 4) is 10.6 Å². The van der Waals surface area contributed by atoms with E-state index in [2.05, 4.69) is 15.6 Å². The number of alkyl halides is 3. The number of amides is 1. The van der Waals surface area contributed by atoms with Gasteiger partial charge in [0.1, 0.15) is 5.01 Å². The Bertz CT molecular complexity index is 747. The van der Waals surface area contributed by atoms with E-state index >= 15 is 0 Å². The van der Waals surface area contributed by atoms with E-state index in [0.717, 1.165) is 18.7 Å². The van der Waals surface area contributed by atoms with Gasteiger partial charge in [-0.1, -0.05) is 12.1 Å². The van der Waals surface area contributed by atoms with Crippen LogP contribution in [0, 0.1) is 0 Å². The highest BCUT2D eigenvalue weighted by Gasteiger charge is 2.30. The molecule has 1 aliphatic rings. The van der Waals surface area contributed by atoms with Gasteiger partial charge >= 0.3 is 6.18 Å². The minimum absolute atomic E-state index is 0. The molecule has 1 unspecified atom stereocenters. The molecule has 0 radical (unpaired) electrons. The van der Waals surface area contributed by atoms with Gasteiger partial charge in [0, 0.05) is 30.0 Å². The van der Waals surface area contributed by atoms with Crippen molar-refractivity contribution in [3.63, 3.8) is 0 Å². The molecule has 10 heteroatoms. The molecule has 2 aromatic rings. The van der Waals surface area contributed by atoms with E-state index in [9.17, 15) is 18.0 Å². The first-order chi connectivity index (χ1) is 12.4. The average molecular weight is 422 g/mol. The molecule has 1 atom stereocenters. The lowest BCUT2D eigenvalue weighted by Gasteiger charge is -2.23. The zero-order valence-corrected chi connectivity index (χ0v) is 15.8. The van der Waals surface area contributed by atoms with Crippen LogP contribution in [0.1, 0.15) is 17.7 Å². The summed E-state index contributed by atoms with van der Waals surface area (Å²) in [6, 6.07) is 4.90. The standard InChI is InChI=1S/C17H18F3N3O2S.ClH/c18-17(19,20)12-3-1-11(2-4-12)16-23-14(10-26-16)8-22-15(24)7-13-9-25-6-5-21-13;/h1-4,10,13,21H,5-9H2,(H,22,24);1H. The molecule has 0 spiro atoms. The lowest BCUT2D eigenvalue weighted by Crippen LogP contribution is -2.44. The maximum atomic E-state index is 12.6. The normalized spacial score (nSPS) is 17.2. The molecule has 2 N–H and O–H groups in total. The Balaban J connectivity index is 0.00000261. The van der Waals surface area contributed by atoms with Crippen molar-refractivity contribution >= 4 is 29.7 Å². The first kappa shape index (κ1) is 21.6. The van der Waals surface area contributed by atoms with Crippen molar-refractivity contribution in [1.82, 2.24) is 15.6 Å². The molecule has 0 saturated carbocycles. The Labute approximate surface area is 164 Å². The number of aromatic nitrogens is 1. The summed E-state index contributed by atoms with van der Waals surface area (Å²) < 4.78 is 43.1. The highest BCUT2D eigenvalue weighted by Crippen LogP contribution is 2.31. The fraction of sp³-hybridized carbons (Fsp3) is 0.412. The number of hydrogen-bond donors (Lipinski definition) is 2. The highest BCUT2D eigenvalue weighted by molar-refractivity contribution is 7.13. The molecule has 27 heavy (non-hydrogen) atoms. The molecular formula is C17H19ClF3N3O2S. The van der Waals surface area contributed by atoms with Crippen LogP contribution in [-0.4, -0.2) is 36.7 Å². The Kier molecular flexibility index (Phi) is 7.60. The minimum atomic E-state index is -4.35. The molecule has 1 amide bonds. The molecule has 1 aromatic heterocycles. The average Bonchev–Trinajstić information content (AvgIpc) is 3.09. The maximum absolute atomic E-state index is 12.6.